The Bertz CT molecular complexity index is 1190. The molecule has 0 saturated heterocycles. The minimum atomic E-state index is -0.261. The van der Waals surface area contributed by atoms with Crippen LogP contribution in [-0.2, 0) is 12.1 Å². The van der Waals surface area contributed by atoms with Crippen LogP contribution in [0.15, 0.2) is 72.8 Å². The zero-order valence-electron chi connectivity index (χ0n) is 16.2. The first-order valence-electron chi connectivity index (χ1n) is 9.91. The molecule has 1 aromatic heterocycles. The third kappa shape index (κ3) is 3.68. The first-order valence-corrected chi connectivity index (χ1v) is 9.91. The van der Waals surface area contributed by atoms with Crippen molar-refractivity contribution in [3.05, 3.63) is 95.6 Å². The largest absolute Gasteiger partial charge is 0.360 e. The molecule has 150 valence electrons. The molecule has 0 aliphatic heterocycles. The molecule has 0 amide bonds. The summed E-state index contributed by atoms with van der Waals surface area (Å²) in [5.41, 5.74) is 2.57. The molecule has 3 aromatic carbocycles. The van der Waals surface area contributed by atoms with Gasteiger partial charge in [-0.1, -0.05) is 36.4 Å². The Morgan fingerprint density at radius 1 is 0.800 bits per heavy atom. The number of benzene rings is 3. The number of aromatic nitrogens is 2. The average molecular weight is 402 g/mol. The van der Waals surface area contributed by atoms with E-state index < -0.39 is 0 Å². The van der Waals surface area contributed by atoms with E-state index in [1.165, 1.54) is 24.3 Å². The summed E-state index contributed by atoms with van der Waals surface area (Å²) in [6.45, 7) is 0.487. The lowest BCUT2D eigenvalue weighted by Crippen LogP contribution is -2.20. The van der Waals surface area contributed by atoms with E-state index in [0.29, 0.717) is 12.5 Å². The van der Waals surface area contributed by atoms with E-state index in [9.17, 15) is 8.78 Å². The summed E-state index contributed by atoms with van der Waals surface area (Å²) in [5, 5.41) is 7.75. The van der Waals surface area contributed by atoms with Crippen molar-refractivity contribution in [2.24, 2.45) is 0 Å². The van der Waals surface area contributed by atoms with E-state index >= 15 is 0 Å². The van der Waals surface area contributed by atoms with Gasteiger partial charge in [0.15, 0.2) is 0 Å². The van der Waals surface area contributed by atoms with E-state index in [1.54, 1.807) is 12.1 Å². The van der Waals surface area contributed by atoms with Gasteiger partial charge in [-0.15, -0.1) is 0 Å². The molecule has 4 nitrogen and oxygen atoms in total. The maximum Gasteiger partial charge on any atom is 0.225 e. The van der Waals surface area contributed by atoms with E-state index in [4.69, 9.17) is 4.98 Å². The maximum absolute atomic E-state index is 13.4. The van der Waals surface area contributed by atoms with Gasteiger partial charge in [-0.25, -0.2) is 13.8 Å². The van der Waals surface area contributed by atoms with Crippen molar-refractivity contribution in [2.45, 2.75) is 24.9 Å². The molecule has 0 radical (unpaired) electrons. The smallest absolute Gasteiger partial charge is 0.225 e. The third-order valence-electron chi connectivity index (χ3n) is 5.47. The number of nitrogens with one attached hydrogen (secondary N) is 2. The van der Waals surface area contributed by atoms with Crippen LogP contribution in [0.3, 0.4) is 0 Å². The van der Waals surface area contributed by atoms with Crippen LogP contribution in [0, 0.1) is 11.6 Å². The number of para-hydroxylation sites is 1. The Morgan fingerprint density at radius 2 is 1.47 bits per heavy atom. The number of hydrogen-bond donors (Lipinski definition) is 2. The summed E-state index contributed by atoms with van der Waals surface area (Å²) in [7, 11) is 0. The molecule has 1 fully saturated rings. The molecule has 2 N–H and O–H groups in total. The van der Waals surface area contributed by atoms with Gasteiger partial charge in [0.2, 0.25) is 5.95 Å². The molecule has 1 heterocycles. The summed E-state index contributed by atoms with van der Waals surface area (Å²) in [6, 6.07) is 20.8. The van der Waals surface area contributed by atoms with Gasteiger partial charge in [0.1, 0.15) is 17.5 Å². The Kier molecular flexibility index (Phi) is 4.54. The number of halogens is 2. The highest BCUT2D eigenvalue weighted by atomic mass is 19.1. The minimum Gasteiger partial charge on any atom is -0.360 e. The van der Waals surface area contributed by atoms with Crippen LogP contribution in [-0.4, -0.2) is 9.97 Å². The Labute approximate surface area is 173 Å². The molecule has 1 saturated carbocycles. The number of anilines is 2. The van der Waals surface area contributed by atoms with Gasteiger partial charge >= 0.3 is 0 Å². The van der Waals surface area contributed by atoms with Crippen molar-refractivity contribution >= 4 is 22.7 Å². The SMILES string of the molecule is Fc1ccc(CNc2nc(NC3(c4ccc(F)cc4)CC3)c3ccccc3n2)cc1. The Morgan fingerprint density at radius 3 is 2.17 bits per heavy atom. The molecule has 6 heteroatoms. The normalized spacial score (nSPS) is 14.5. The second-order valence-electron chi connectivity index (χ2n) is 7.61. The quantitative estimate of drug-likeness (QED) is 0.439. The number of nitrogens with zero attached hydrogens (tertiary/aromatic N) is 2. The van der Waals surface area contributed by atoms with E-state index in [2.05, 4.69) is 15.6 Å². The second-order valence-corrected chi connectivity index (χ2v) is 7.61. The summed E-state index contributed by atoms with van der Waals surface area (Å²) in [4.78, 5) is 9.34. The molecular formula is C24H20F2N4. The summed E-state index contributed by atoms with van der Waals surface area (Å²) < 4.78 is 26.5. The van der Waals surface area contributed by atoms with Crippen LogP contribution in [0.1, 0.15) is 24.0 Å². The van der Waals surface area contributed by atoms with Gasteiger partial charge < -0.3 is 10.6 Å². The molecule has 5 rings (SSSR count). The van der Waals surface area contributed by atoms with Gasteiger partial charge in [-0.3, -0.25) is 0 Å². The Hall–Kier alpha value is -3.54. The minimum absolute atomic E-state index is 0.237. The molecule has 30 heavy (non-hydrogen) atoms. The van der Waals surface area contributed by atoms with Gasteiger partial charge in [-0.05, 0) is 60.4 Å². The van der Waals surface area contributed by atoms with Crippen molar-refractivity contribution in [1.29, 1.82) is 0 Å². The monoisotopic (exact) mass is 402 g/mol. The van der Waals surface area contributed by atoms with E-state index in [0.717, 1.165) is 40.7 Å². The zero-order chi connectivity index (χ0) is 20.6. The standard InChI is InChI=1S/C24H20F2N4/c25-18-9-5-16(6-10-18)15-27-23-28-21-4-2-1-3-20(21)22(29-23)30-24(13-14-24)17-7-11-19(26)12-8-17/h1-12H,13-15H2,(H2,27,28,29,30). The van der Waals surface area contributed by atoms with E-state index in [1.807, 2.05) is 36.4 Å². The maximum atomic E-state index is 13.4. The molecule has 0 spiro atoms. The molecular weight excluding hydrogens is 382 g/mol. The topological polar surface area (TPSA) is 49.8 Å². The summed E-state index contributed by atoms with van der Waals surface area (Å²) >= 11 is 0. The van der Waals surface area contributed by atoms with Crippen molar-refractivity contribution in [2.75, 3.05) is 10.6 Å². The van der Waals surface area contributed by atoms with Crippen LogP contribution < -0.4 is 10.6 Å². The summed E-state index contributed by atoms with van der Waals surface area (Å²) in [5.74, 6) is 0.733. The van der Waals surface area contributed by atoms with Crippen LogP contribution in [0.2, 0.25) is 0 Å². The predicted octanol–water partition coefficient (Wildman–Crippen LogP) is 5.62. The molecule has 4 aromatic rings. The first kappa shape index (κ1) is 18.5. The van der Waals surface area contributed by atoms with Crippen LogP contribution in [0.5, 0.6) is 0 Å². The van der Waals surface area contributed by atoms with Gasteiger partial charge in [0.05, 0.1) is 11.1 Å². The Balaban J connectivity index is 1.45. The molecule has 0 atom stereocenters. The van der Waals surface area contributed by atoms with Crippen LogP contribution >= 0.6 is 0 Å². The van der Waals surface area contributed by atoms with Gasteiger partial charge in [0.25, 0.3) is 0 Å². The fourth-order valence-electron chi connectivity index (χ4n) is 3.64. The lowest BCUT2D eigenvalue weighted by Gasteiger charge is -2.20. The fourth-order valence-corrected chi connectivity index (χ4v) is 3.64. The van der Waals surface area contributed by atoms with Crippen molar-refractivity contribution in [3.63, 3.8) is 0 Å². The van der Waals surface area contributed by atoms with Crippen LogP contribution in [0.4, 0.5) is 20.5 Å². The number of fused-ring (bicyclic) bond motifs is 1. The molecule has 0 bridgehead atoms. The number of rotatable bonds is 6. The highest BCUT2D eigenvalue weighted by Gasteiger charge is 2.45. The molecule has 1 aliphatic carbocycles. The first-order chi connectivity index (χ1) is 14.6. The highest BCUT2D eigenvalue weighted by Crippen LogP contribution is 2.48. The van der Waals surface area contributed by atoms with Crippen molar-refractivity contribution in [1.82, 2.24) is 9.97 Å². The second kappa shape index (κ2) is 7.37. The van der Waals surface area contributed by atoms with E-state index in [-0.39, 0.29) is 17.2 Å². The predicted molar refractivity (Wildman–Crippen MR) is 114 cm³/mol. The van der Waals surface area contributed by atoms with Crippen molar-refractivity contribution in [3.8, 4) is 0 Å². The fraction of sp³-hybridized carbons (Fsp3) is 0.167. The number of hydrogen-bond acceptors (Lipinski definition) is 4. The van der Waals surface area contributed by atoms with Crippen molar-refractivity contribution < 1.29 is 8.78 Å². The van der Waals surface area contributed by atoms with Gasteiger partial charge in [-0.2, -0.15) is 4.98 Å². The van der Waals surface area contributed by atoms with Crippen LogP contribution in [0.25, 0.3) is 10.9 Å². The molecule has 0 unspecified atom stereocenters. The lowest BCUT2D eigenvalue weighted by molar-refractivity contribution is 0.625. The zero-order valence-corrected chi connectivity index (χ0v) is 16.2. The average Bonchev–Trinajstić information content (AvgIpc) is 3.54. The highest BCUT2D eigenvalue weighted by molar-refractivity contribution is 5.90. The third-order valence-corrected chi connectivity index (χ3v) is 5.47. The molecule has 1 aliphatic rings. The summed E-state index contributed by atoms with van der Waals surface area (Å²) in [6.07, 6.45) is 1.91. The lowest BCUT2D eigenvalue weighted by atomic mass is 10.0. The van der Waals surface area contributed by atoms with Gasteiger partial charge in [0, 0.05) is 11.9 Å².